The summed E-state index contributed by atoms with van der Waals surface area (Å²) in [6.07, 6.45) is 6.74. The minimum atomic E-state index is 0.514. The molecule has 0 heterocycles. The second-order valence-electron chi connectivity index (χ2n) is 10.4. The van der Waals surface area contributed by atoms with Crippen LogP contribution in [0.25, 0.3) is 0 Å². The molecule has 14 heteroatoms. The lowest BCUT2D eigenvalue weighted by Gasteiger charge is -2.09. The van der Waals surface area contributed by atoms with Crippen LogP contribution >= 0.6 is 11.6 Å². The fourth-order valence-corrected chi connectivity index (χ4v) is 3.83. The van der Waals surface area contributed by atoms with E-state index < -0.39 is 0 Å². The van der Waals surface area contributed by atoms with Crippen molar-refractivity contribution in [2.24, 2.45) is 0 Å². The Morgan fingerprint density at radius 3 is 0.625 bits per heavy atom. The normalized spacial score (nSPS) is 11.6. The molecule has 0 rings (SSSR count). The predicted molar refractivity (Wildman–Crippen MR) is 185 cm³/mol. The van der Waals surface area contributed by atoms with Crippen molar-refractivity contribution in [3.63, 3.8) is 0 Å². The van der Waals surface area contributed by atoms with Gasteiger partial charge in [0.15, 0.2) is 0 Å². The summed E-state index contributed by atoms with van der Waals surface area (Å²) in [6.45, 7) is 16.7. The molecule has 0 spiro atoms. The van der Waals surface area contributed by atoms with Crippen LogP contribution in [-0.2, 0) is 61.6 Å². The van der Waals surface area contributed by atoms with Gasteiger partial charge in [-0.15, -0.1) is 11.6 Å². The van der Waals surface area contributed by atoms with Gasteiger partial charge in [-0.3, -0.25) is 0 Å². The lowest BCUT2D eigenvalue weighted by Crippen LogP contribution is -2.15. The summed E-state index contributed by atoms with van der Waals surface area (Å²) in [6, 6.07) is 0. The second-order valence-corrected chi connectivity index (χ2v) is 10.8. The quantitative estimate of drug-likeness (QED) is 0.0671. The predicted octanol–water partition coefficient (Wildman–Crippen LogP) is 3.80. The Morgan fingerprint density at radius 2 is 0.417 bits per heavy atom. The van der Waals surface area contributed by atoms with Gasteiger partial charge in [-0.2, -0.15) is 0 Å². The van der Waals surface area contributed by atoms with Crippen molar-refractivity contribution in [3.05, 3.63) is 0 Å². The Balaban J connectivity index is 3.04. The fraction of sp³-hybridized carbons (Fsp3) is 1.00. The highest BCUT2D eigenvalue weighted by molar-refractivity contribution is 6.17. The molecule has 13 nitrogen and oxygen atoms in total. The first kappa shape index (κ1) is 47.8. The SMILES string of the molecule is CCCCOCCOCCOCCOCCOCCOCCOCCOCCOCCOCCOCCOCCOCCCCCCCl. The smallest absolute Gasteiger partial charge is 0.0701 e. The zero-order chi connectivity index (χ0) is 34.5. The number of halogens is 1. The summed E-state index contributed by atoms with van der Waals surface area (Å²) >= 11 is 5.65. The van der Waals surface area contributed by atoms with Crippen molar-refractivity contribution in [2.45, 2.75) is 45.4 Å². The third-order valence-electron chi connectivity index (χ3n) is 6.28. The van der Waals surface area contributed by atoms with Crippen molar-refractivity contribution in [3.8, 4) is 0 Å². The van der Waals surface area contributed by atoms with Crippen LogP contribution in [-0.4, -0.2) is 178 Å². The van der Waals surface area contributed by atoms with Gasteiger partial charge in [0.25, 0.3) is 0 Å². The van der Waals surface area contributed by atoms with Gasteiger partial charge in [0.2, 0.25) is 0 Å². The summed E-state index contributed by atoms with van der Waals surface area (Å²) in [5, 5.41) is 0. The molecular weight excluding hydrogens is 652 g/mol. The Hall–Kier alpha value is -0.230. The molecule has 0 aromatic heterocycles. The maximum atomic E-state index is 5.65. The molecule has 48 heavy (non-hydrogen) atoms. The second kappa shape index (κ2) is 46.8. The Labute approximate surface area is 296 Å². The monoisotopic (exact) mass is 720 g/mol. The van der Waals surface area contributed by atoms with Gasteiger partial charge in [0.05, 0.1) is 159 Å². The molecular formula is C34H69ClO13. The minimum Gasteiger partial charge on any atom is -0.379 e. The summed E-state index contributed by atoms with van der Waals surface area (Å²) in [5.41, 5.74) is 0. The topological polar surface area (TPSA) is 120 Å². The van der Waals surface area contributed by atoms with Crippen LogP contribution in [0.2, 0.25) is 0 Å². The number of unbranched alkanes of at least 4 members (excludes halogenated alkanes) is 4. The molecule has 0 atom stereocenters. The third kappa shape index (κ3) is 45.8. The molecule has 0 N–H and O–H groups in total. The average Bonchev–Trinajstić information content (AvgIpc) is 3.10. The van der Waals surface area contributed by atoms with E-state index in [1.54, 1.807) is 0 Å². The van der Waals surface area contributed by atoms with Crippen LogP contribution in [0.1, 0.15) is 45.4 Å². The Kier molecular flexibility index (Phi) is 46.5. The number of hydrogen-bond donors (Lipinski definition) is 0. The van der Waals surface area contributed by atoms with Gasteiger partial charge >= 0.3 is 0 Å². The maximum Gasteiger partial charge on any atom is 0.0701 e. The highest BCUT2D eigenvalue weighted by Crippen LogP contribution is 2.01. The highest BCUT2D eigenvalue weighted by atomic mass is 35.5. The van der Waals surface area contributed by atoms with E-state index in [2.05, 4.69) is 6.92 Å². The zero-order valence-corrected chi connectivity index (χ0v) is 30.8. The van der Waals surface area contributed by atoms with Crippen molar-refractivity contribution in [2.75, 3.05) is 178 Å². The number of hydrogen-bond acceptors (Lipinski definition) is 13. The molecule has 0 fully saturated rings. The first-order valence-corrected chi connectivity index (χ1v) is 18.5. The summed E-state index contributed by atoms with van der Waals surface area (Å²) < 4.78 is 71.2. The molecule has 0 radical (unpaired) electrons. The molecule has 0 aliphatic rings. The van der Waals surface area contributed by atoms with E-state index in [0.717, 1.165) is 44.8 Å². The molecule has 0 amide bonds. The largest absolute Gasteiger partial charge is 0.379 e. The maximum absolute atomic E-state index is 5.65. The molecule has 0 aromatic rings. The molecule has 0 aromatic carbocycles. The lowest BCUT2D eigenvalue weighted by atomic mass is 10.2. The van der Waals surface area contributed by atoms with Crippen LogP contribution in [0.3, 0.4) is 0 Å². The molecule has 0 aliphatic heterocycles. The summed E-state index contributed by atoms with van der Waals surface area (Å²) in [4.78, 5) is 0. The van der Waals surface area contributed by atoms with E-state index in [-0.39, 0.29) is 0 Å². The molecule has 0 aliphatic carbocycles. The molecule has 0 saturated carbocycles. The van der Waals surface area contributed by atoms with Crippen LogP contribution in [0.15, 0.2) is 0 Å². The summed E-state index contributed by atoms with van der Waals surface area (Å²) in [7, 11) is 0. The Bertz CT molecular complexity index is 509. The van der Waals surface area contributed by atoms with Gasteiger partial charge in [-0.25, -0.2) is 0 Å². The van der Waals surface area contributed by atoms with Crippen LogP contribution in [0.5, 0.6) is 0 Å². The third-order valence-corrected chi connectivity index (χ3v) is 6.55. The van der Waals surface area contributed by atoms with E-state index in [1.165, 1.54) is 12.8 Å². The summed E-state index contributed by atoms with van der Waals surface area (Å²) in [5.74, 6) is 0.744. The first-order valence-electron chi connectivity index (χ1n) is 18.0. The average molecular weight is 721 g/mol. The van der Waals surface area contributed by atoms with Crippen molar-refractivity contribution in [1.29, 1.82) is 0 Å². The first-order chi connectivity index (χ1) is 23.9. The van der Waals surface area contributed by atoms with E-state index in [9.17, 15) is 0 Å². The Morgan fingerprint density at radius 1 is 0.229 bits per heavy atom. The van der Waals surface area contributed by atoms with E-state index in [1.807, 2.05) is 0 Å². The zero-order valence-electron chi connectivity index (χ0n) is 30.0. The van der Waals surface area contributed by atoms with E-state index in [4.69, 9.17) is 73.2 Å². The van der Waals surface area contributed by atoms with Gasteiger partial charge in [-0.1, -0.05) is 26.2 Å². The van der Waals surface area contributed by atoms with Crippen LogP contribution < -0.4 is 0 Å². The van der Waals surface area contributed by atoms with Crippen LogP contribution in [0.4, 0.5) is 0 Å². The molecule has 0 saturated heterocycles. The van der Waals surface area contributed by atoms with Crippen molar-refractivity contribution in [1.82, 2.24) is 0 Å². The van der Waals surface area contributed by atoms with Crippen molar-refractivity contribution < 1.29 is 61.6 Å². The highest BCUT2D eigenvalue weighted by Gasteiger charge is 1.97. The van der Waals surface area contributed by atoms with Crippen LogP contribution in [0, 0.1) is 0 Å². The minimum absolute atomic E-state index is 0.514. The van der Waals surface area contributed by atoms with Gasteiger partial charge < -0.3 is 61.6 Å². The van der Waals surface area contributed by atoms with Gasteiger partial charge in [-0.05, 0) is 19.3 Å². The molecule has 0 unspecified atom stereocenters. The lowest BCUT2D eigenvalue weighted by molar-refractivity contribution is -0.0290. The van der Waals surface area contributed by atoms with E-state index in [0.29, 0.717) is 159 Å². The molecule has 0 bridgehead atoms. The van der Waals surface area contributed by atoms with Gasteiger partial charge in [0, 0.05) is 19.1 Å². The van der Waals surface area contributed by atoms with Gasteiger partial charge in [0.1, 0.15) is 0 Å². The number of ether oxygens (including phenoxy) is 13. The standard InChI is InChI=1S/C34H69ClO13/c1-2-3-9-36-11-13-38-15-17-40-19-21-42-23-25-44-27-29-46-31-33-48-34-32-47-30-28-45-26-24-43-22-20-41-18-16-39-14-12-37-10-7-5-4-6-8-35/h2-34H2,1H3. The van der Waals surface area contributed by atoms with Crippen molar-refractivity contribution >= 4 is 11.6 Å². The number of rotatable bonds is 45. The van der Waals surface area contributed by atoms with E-state index >= 15 is 0 Å². The molecule has 290 valence electrons. The fourth-order valence-electron chi connectivity index (χ4n) is 3.64. The number of alkyl halides is 1.